The third kappa shape index (κ3) is 10.8. The van der Waals surface area contributed by atoms with E-state index in [-0.39, 0.29) is 147 Å². The molecule has 0 radical (unpaired) electrons. The van der Waals surface area contributed by atoms with Gasteiger partial charge >= 0.3 is 99.3 Å². The van der Waals surface area contributed by atoms with Crippen molar-refractivity contribution in [2.75, 3.05) is 0 Å². The predicted octanol–water partition coefficient (Wildman–Crippen LogP) is -6.89. The minimum atomic E-state index is -5.03. The summed E-state index contributed by atoms with van der Waals surface area (Å²) in [7, 11) is -13.2. The maximum Gasteiger partial charge on any atom is 1.00 e. The van der Waals surface area contributed by atoms with Crippen molar-refractivity contribution >= 4 is 30.8 Å². The number of benzene rings is 4. The van der Waals surface area contributed by atoms with Gasteiger partial charge in [-0.15, -0.1) is 23.8 Å². The Morgan fingerprint density at radius 3 is 1.04 bits per heavy atom. The van der Waals surface area contributed by atoms with Crippen LogP contribution in [-0.4, -0.2) is 59.0 Å². The molecule has 0 fully saturated rings. The summed E-state index contributed by atoms with van der Waals surface area (Å²) in [4.78, 5) is -1.37. The fourth-order valence-corrected chi connectivity index (χ4v) is 6.31. The number of aryl methyl sites for hydroxylation is 1. The van der Waals surface area contributed by atoms with Crippen LogP contribution in [0, 0.1) is 13.0 Å². The Bertz CT molecular complexity index is 2180. The van der Waals surface area contributed by atoms with E-state index >= 15 is 0 Å². The molecular formula is C29H23Na3O13S3. The van der Waals surface area contributed by atoms with Crippen molar-refractivity contribution in [3.63, 3.8) is 0 Å². The molecule has 0 spiro atoms. The summed E-state index contributed by atoms with van der Waals surface area (Å²) < 4.78 is 97.3. The molecule has 0 saturated heterocycles. The number of phenols is 4. The fourth-order valence-electron chi connectivity index (χ4n) is 5.16. The first-order chi connectivity index (χ1) is 20.8. The molecule has 4 aromatic rings. The number of hydrogen-bond donors (Lipinski definition) is 4. The van der Waals surface area contributed by atoms with Gasteiger partial charge in [0, 0.05) is 18.6 Å². The minimum absolute atomic E-state index is 0. The van der Waals surface area contributed by atoms with Gasteiger partial charge in [-0.3, -0.25) is 0 Å². The maximum atomic E-state index is 12.0. The molecule has 0 aromatic heterocycles. The zero-order chi connectivity index (χ0) is 33.4. The summed E-state index contributed by atoms with van der Waals surface area (Å²) in [5.41, 5.74) is 1.68. The van der Waals surface area contributed by atoms with Crippen LogP contribution in [0.4, 0.5) is 0 Å². The molecule has 4 aromatic carbocycles. The van der Waals surface area contributed by atoms with E-state index in [4.69, 9.17) is 12.6 Å². The number of fused-ring (bicyclic) bond motifs is 8. The molecule has 0 heterocycles. The molecule has 0 aliphatic heterocycles. The average Bonchev–Trinajstić information content (AvgIpc) is 2.91. The quantitative estimate of drug-likeness (QED) is 0.0747. The molecular weight excluding hydrogens is 721 g/mol. The second-order valence-electron chi connectivity index (χ2n) is 10.3. The predicted molar refractivity (Wildman–Crippen MR) is 153 cm³/mol. The monoisotopic (exact) mass is 744 g/mol. The number of phenolic OH excluding ortho intramolecular Hbond substituents is 4. The van der Waals surface area contributed by atoms with Crippen molar-refractivity contribution in [2.24, 2.45) is 0 Å². The third-order valence-electron chi connectivity index (χ3n) is 7.12. The van der Waals surface area contributed by atoms with Gasteiger partial charge in [-0.2, -0.15) is 18.2 Å². The van der Waals surface area contributed by atoms with E-state index in [0.717, 1.165) is 29.8 Å². The van der Waals surface area contributed by atoms with E-state index in [0.29, 0.717) is 16.7 Å². The first kappa shape index (κ1) is 44.5. The SMILES string of the molecule is Cc1cc2c(O)c(c1)Cc1cc(S(=O)(=O)[O-])cc(c1O)Cc1cc(S(=O)(=O)[O-])cc(c1O)Cc1c[c-]cc(c1O)C2.O=S(=O)=O.[Na+].[Na+].[Na+]. The van der Waals surface area contributed by atoms with Crippen molar-refractivity contribution in [2.45, 2.75) is 42.4 Å². The van der Waals surface area contributed by atoms with Gasteiger partial charge in [0.1, 0.15) is 37.5 Å². The van der Waals surface area contributed by atoms with Crippen molar-refractivity contribution in [1.82, 2.24) is 0 Å². The third-order valence-corrected chi connectivity index (χ3v) is 8.75. The van der Waals surface area contributed by atoms with Gasteiger partial charge in [0.15, 0.2) is 0 Å². The summed E-state index contributed by atoms with van der Waals surface area (Å²) in [6.45, 7) is 1.77. The van der Waals surface area contributed by atoms with Gasteiger partial charge in [0.2, 0.25) is 0 Å². The summed E-state index contributed by atoms with van der Waals surface area (Å²) in [5, 5.41) is 44.5. The molecule has 19 heteroatoms. The van der Waals surface area contributed by atoms with Gasteiger partial charge in [0.25, 0.3) is 0 Å². The molecule has 48 heavy (non-hydrogen) atoms. The van der Waals surface area contributed by atoms with Gasteiger partial charge in [-0.25, -0.2) is 16.8 Å². The topological polar surface area (TPSA) is 247 Å². The molecule has 0 amide bonds. The van der Waals surface area contributed by atoms with E-state index < -0.39 is 58.6 Å². The first-order valence-corrected chi connectivity index (χ1v) is 16.6. The van der Waals surface area contributed by atoms with Crippen LogP contribution in [0.15, 0.2) is 58.3 Å². The second-order valence-corrected chi connectivity index (χ2v) is 13.5. The molecule has 238 valence electrons. The van der Waals surface area contributed by atoms with Crippen LogP contribution in [0.25, 0.3) is 0 Å². The van der Waals surface area contributed by atoms with Gasteiger partial charge in [-0.1, -0.05) is 17.7 Å². The Kier molecular flexibility index (Phi) is 16.4. The van der Waals surface area contributed by atoms with Crippen LogP contribution < -0.4 is 88.7 Å². The molecule has 0 unspecified atom stereocenters. The number of aromatic hydroxyl groups is 4. The van der Waals surface area contributed by atoms with Gasteiger partial charge < -0.3 is 29.5 Å². The Balaban J connectivity index is 0.00000156. The molecule has 0 saturated carbocycles. The second kappa shape index (κ2) is 17.6. The van der Waals surface area contributed by atoms with Gasteiger partial charge in [0.05, 0.1) is 9.79 Å². The zero-order valence-corrected chi connectivity index (χ0v) is 34.6. The van der Waals surface area contributed by atoms with Crippen molar-refractivity contribution < 1.29 is 148 Å². The summed E-state index contributed by atoms with van der Waals surface area (Å²) in [6, 6.07) is 12.9. The van der Waals surface area contributed by atoms with E-state index in [1.165, 1.54) is 12.1 Å². The standard InChI is InChI=1S/C29H25O10S2.3Na.O3S/c1-15-5-18-7-16-3-2-4-17(26(16)30)8-20-11-24(40(34,35)36)13-22(28(20)32)10-23-14-25(41(37,38)39)12-21(29(23)33)9-19(6-15)27(18)31;;;;1-4(2)3/h3-6,11-14,30-33H,7-10H2,1H3,(H,34,35,36)(H,37,38,39);;;;/q-1;3*+1;/p-2. The Hall–Kier alpha value is -1.48. The van der Waals surface area contributed by atoms with Crippen LogP contribution >= 0.6 is 0 Å². The number of hydrogen-bond acceptors (Lipinski definition) is 13. The molecule has 1 aliphatic rings. The van der Waals surface area contributed by atoms with Crippen molar-refractivity contribution in [3.8, 4) is 23.0 Å². The Morgan fingerprint density at radius 1 is 0.542 bits per heavy atom. The average molecular weight is 745 g/mol. The molecule has 4 N–H and O–H groups in total. The first-order valence-electron chi connectivity index (χ1n) is 12.7. The van der Waals surface area contributed by atoms with Gasteiger partial charge in [-0.05, 0) is 77.4 Å². The van der Waals surface area contributed by atoms with Crippen molar-refractivity contribution in [1.29, 1.82) is 0 Å². The van der Waals surface area contributed by atoms with Crippen LogP contribution in [0.5, 0.6) is 23.0 Å². The Morgan fingerprint density at radius 2 is 0.771 bits per heavy atom. The Labute approximate surface area is 344 Å². The van der Waals surface area contributed by atoms with E-state index in [9.17, 15) is 46.4 Å². The molecule has 13 nitrogen and oxygen atoms in total. The van der Waals surface area contributed by atoms with Crippen LogP contribution in [-0.2, 0) is 56.5 Å². The molecule has 8 bridgehead atoms. The zero-order valence-electron chi connectivity index (χ0n) is 26.1. The summed E-state index contributed by atoms with van der Waals surface area (Å²) >= 11 is 0. The van der Waals surface area contributed by atoms with E-state index in [1.54, 1.807) is 19.1 Å². The fraction of sp³-hybridized carbons (Fsp3) is 0.172. The van der Waals surface area contributed by atoms with Crippen LogP contribution in [0.3, 0.4) is 0 Å². The molecule has 0 atom stereocenters. The molecule has 5 rings (SSSR count). The summed E-state index contributed by atoms with van der Waals surface area (Å²) in [5.74, 6) is -1.23. The number of rotatable bonds is 2. The molecule has 1 aliphatic carbocycles. The van der Waals surface area contributed by atoms with Crippen LogP contribution in [0.1, 0.15) is 50.1 Å². The van der Waals surface area contributed by atoms with E-state index in [2.05, 4.69) is 6.07 Å². The largest absolute Gasteiger partial charge is 1.00 e. The van der Waals surface area contributed by atoms with Crippen LogP contribution in [0.2, 0.25) is 0 Å². The normalized spacial score (nSPS) is 12.1. The maximum absolute atomic E-state index is 12.0. The minimum Gasteiger partial charge on any atom is -0.744 e. The smallest absolute Gasteiger partial charge is 0.744 e. The van der Waals surface area contributed by atoms with E-state index in [1.807, 2.05) is 0 Å². The van der Waals surface area contributed by atoms with Crippen molar-refractivity contribution in [3.05, 3.63) is 105 Å². The summed E-state index contributed by atoms with van der Waals surface area (Å²) in [6.07, 6.45) is -0.856.